The number of nitriles is 1. The van der Waals surface area contributed by atoms with E-state index in [9.17, 15) is 35.5 Å². The monoisotopic (exact) mass is 456 g/mol. The number of para-hydroxylation sites is 1. The number of alkyl halides is 6. The molecule has 0 unspecified atom stereocenters. The SMILES string of the molecule is N#C/C(=C\c1cn(Cc2cc(C(F)(F)F)cc(C(F)(F)F)c2)c2c(F)cccc12)C(=O)O. The van der Waals surface area contributed by atoms with E-state index in [4.69, 9.17) is 10.4 Å². The summed E-state index contributed by atoms with van der Waals surface area (Å²) >= 11 is 0. The van der Waals surface area contributed by atoms with E-state index in [0.717, 1.165) is 22.9 Å². The molecular formula is C21H11F7N2O2. The van der Waals surface area contributed by atoms with Gasteiger partial charge >= 0.3 is 18.3 Å². The highest BCUT2D eigenvalue weighted by Crippen LogP contribution is 2.37. The molecule has 1 N–H and O–H groups in total. The Kier molecular flexibility index (Phi) is 5.74. The second-order valence-electron chi connectivity index (χ2n) is 6.74. The molecule has 0 radical (unpaired) electrons. The average molecular weight is 456 g/mol. The number of aliphatic carboxylic acids is 1. The topological polar surface area (TPSA) is 66.0 Å². The van der Waals surface area contributed by atoms with Crippen LogP contribution in [-0.4, -0.2) is 15.6 Å². The fraction of sp³-hybridized carbons (Fsp3) is 0.143. The van der Waals surface area contributed by atoms with Crippen LogP contribution in [0.4, 0.5) is 30.7 Å². The van der Waals surface area contributed by atoms with Gasteiger partial charge in [-0.05, 0) is 35.9 Å². The summed E-state index contributed by atoms with van der Waals surface area (Å²) in [6.07, 6.45) is -8.00. The van der Waals surface area contributed by atoms with Crippen LogP contribution in [-0.2, 0) is 23.7 Å². The Labute approximate surface area is 175 Å². The zero-order valence-corrected chi connectivity index (χ0v) is 15.7. The molecule has 3 rings (SSSR count). The van der Waals surface area contributed by atoms with Crippen LogP contribution in [0.15, 0.2) is 48.2 Å². The van der Waals surface area contributed by atoms with Crippen molar-refractivity contribution in [1.82, 2.24) is 4.57 Å². The third-order valence-electron chi connectivity index (χ3n) is 4.53. The summed E-state index contributed by atoms with van der Waals surface area (Å²) in [6.45, 7) is -0.576. The fourth-order valence-electron chi connectivity index (χ4n) is 3.19. The van der Waals surface area contributed by atoms with Gasteiger partial charge in [0.15, 0.2) is 0 Å². The maximum absolute atomic E-state index is 14.5. The Bertz CT molecular complexity index is 1250. The number of benzene rings is 2. The number of hydrogen-bond acceptors (Lipinski definition) is 2. The fourth-order valence-corrected chi connectivity index (χ4v) is 3.19. The van der Waals surface area contributed by atoms with Crippen molar-refractivity contribution in [3.63, 3.8) is 0 Å². The summed E-state index contributed by atoms with van der Waals surface area (Å²) in [7, 11) is 0. The van der Waals surface area contributed by atoms with Crippen LogP contribution < -0.4 is 0 Å². The van der Waals surface area contributed by atoms with Crippen LogP contribution >= 0.6 is 0 Å². The summed E-state index contributed by atoms with van der Waals surface area (Å²) in [5.74, 6) is -2.39. The summed E-state index contributed by atoms with van der Waals surface area (Å²) in [5, 5.41) is 18.1. The first kappa shape index (κ1) is 22.9. The van der Waals surface area contributed by atoms with Crippen LogP contribution in [0, 0.1) is 17.1 Å². The zero-order valence-electron chi connectivity index (χ0n) is 15.7. The number of aromatic nitrogens is 1. The number of fused-ring (bicyclic) bond motifs is 1. The molecule has 11 heteroatoms. The minimum absolute atomic E-state index is 0.0158. The van der Waals surface area contributed by atoms with Crippen molar-refractivity contribution in [2.45, 2.75) is 18.9 Å². The van der Waals surface area contributed by atoms with Gasteiger partial charge in [-0.1, -0.05) is 12.1 Å². The molecule has 0 bridgehead atoms. The van der Waals surface area contributed by atoms with E-state index >= 15 is 0 Å². The molecule has 0 aliphatic carbocycles. The number of carbonyl (C=O) groups is 1. The summed E-state index contributed by atoms with van der Waals surface area (Å²) < 4.78 is 94.3. The van der Waals surface area contributed by atoms with Crippen molar-refractivity contribution < 1.29 is 40.6 Å². The van der Waals surface area contributed by atoms with E-state index in [-0.39, 0.29) is 22.5 Å². The van der Waals surface area contributed by atoms with Crippen molar-refractivity contribution >= 4 is 22.9 Å². The molecule has 32 heavy (non-hydrogen) atoms. The number of nitrogens with zero attached hydrogens (tertiary/aromatic N) is 2. The lowest BCUT2D eigenvalue weighted by molar-refractivity contribution is -0.143. The van der Waals surface area contributed by atoms with Gasteiger partial charge in [-0.2, -0.15) is 31.6 Å². The normalized spacial score (nSPS) is 12.8. The van der Waals surface area contributed by atoms with Gasteiger partial charge in [0.2, 0.25) is 0 Å². The van der Waals surface area contributed by atoms with Gasteiger partial charge in [0.25, 0.3) is 0 Å². The molecule has 0 spiro atoms. The number of rotatable bonds is 4. The van der Waals surface area contributed by atoms with E-state index in [1.807, 2.05) is 0 Å². The maximum Gasteiger partial charge on any atom is 0.416 e. The lowest BCUT2D eigenvalue weighted by atomic mass is 10.0. The van der Waals surface area contributed by atoms with Crippen LogP contribution in [0.2, 0.25) is 0 Å². The van der Waals surface area contributed by atoms with E-state index in [1.165, 1.54) is 18.2 Å². The number of carboxylic acids is 1. The van der Waals surface area contributed by atoms with Gasteiger partial charge in [-0.3, -0.25) is 0 Å². The molecule has 0 aliphatic heterocycles. The molecule has 0 atom stereocenters. The molecule has 0 saturated carbocycles. The summed E-state index contributed by atoms with van der Waals surface area (Å²) in [5.41, 5.74) is -4.24. The van der Waals surface area contributed by atoms with Crippen LogP contribution in [0.5, 0.6) is 0 Å². The van der Waals surface area contributed by atoms with E-state index in [0.29, 0.717) is 12.1 Å². The van der Waals surface area contributed by atoms with E-state index < -0.39 is 52.9 Å². The van der Waals surface area contributed by atoms with Crippen molar-refractivity contribution in [2.24, 2.45) is 0 Å². The summed E-state index contributed by atoms with van der Waals surface area (Å²) in [4.78, 5) is 11.1. The molecule has 1 heterocycles. The standard InChI is InChI=1S/C21H11F7N2O2/c22-17-3-1-2-16-13(6-12(8-29)19(31)32)10-30(18(16)17)9-11-4-14(20(23,24)25)7-15(5-11)21(26,27)28/h1-7,10H,9H2,(H,31,32)/b12-6+. The van der Waals surface area contributed by atoms with Gasteiger partial charge in [-0.15, -0.1) is 0 Å². The molecule has 1 aromatic heterocycles. The Morgan fingerprint density at radius 1 is 1.06 bits per heavy atom. The lowest BCUT2D eigenvalue weighted by Gasteiger charge is -2.15. The molecule has 0 aliphatic rings. The molecule has 4 nitrogen and oxygen atoms in total. The highest BCUT2D eigenvalue weighted by atomic mass is 19.4. The van der Waals surface area contributed by atoms with Crippen LogP contribution in [0.25, 0.3) is 17.0 Å². The smallest absolute Gasteiger partial charge is 0.416 e. The predicted molar refractivity (Wildman–Crippen MR) is 98.7 cm³/mol. The van der Waals surface area contributed by atoms with Crippen molar-refractivity contribution in [3.8, 4) is 6.07 Å². The maximum atomic E-state index is 14.5. The van der Waals surface area contributed by atoms with Crippen molar-refractivity contribution in [3.05, 3.63) is 76.2 Å². The first-order valence-electron chi connectivity index (χ1n) is 8.72. The number of carboxylic acid groups (broad SMARTS) is 1. The first-order valence-corrected chi connectivity index (χ1v) is 8.72. The Morgan fingerprint density at radius 2 is 1.66 bits per heavy atom. The molecule has 2 aromatic carbocycles. The second kappa shape index (κ2) is 8.03. The zero-order chi connectivity index (χ0) is 23.8. The minimum atomic E-state index is -5.04. The van der Waals surface area contributed by atoms with Gasteiger partial charge in [0.05, 0.1) is 16.6 Å². The largest absolute Gasteiger partial charge is 0.477 e. The molecule has 0 amide bonds. The van der Waals surface area contributed by atoms with Crippen LogP contribution in [0.1, 0.15) is 22.3 Å². The molecule has 0 fully saturated rings. The van der Waals surface area contributed by atoms with Gasteiger partial charge in [-0.25, -0.2) is 9.18 Å². The number of halogens is 7. The average Bonchev–Trinajstić information content (AvgIpc) is 3.02. The van der Waals surface area contributed by atoms with Crippen LogP contribution in [0.3, 0.4) is 0 Å². The van der Waals surface area contributed by atoms with Crippen molar-refractivity contribution in [2.75, 3.05) is 0 Å². The Morgan fingerprint density at radius 3 is 2.16 bits per heavy atom. The van der Waals surface area contributed by atoms with E-state index in [1.54, 1.807) is 0 Å². The van der Waals surface area contributed by atoms with Gasteiger partial charge in [0, 0.05) is 23.7 Å². The first-order chi connectivity index (χ1) is 14.8. The third-order valence-corrected chi connectivity index (χ3v) is 4.53. The third kappa shape index (κ3) is 4.59. The lowest BCUT2D eigenvalue weighted by Crippen LogP contribution is -2.12. The number of hydrogen-bond donors (Lipinski definition) is 1. The van der Waals surface area contributed by atoms with Gasteiger partial charge < -0.3 is 9.67 Å². The molecule has 3 aromatic rings. The molecular weight excluding hydrogens is 445 g/mol. The van der Waals surface area contributed by atoms with E-state index in [2.05, 4.69) is 0 Å². The Hall–Kier alpha value is -3.81. The highest BCUT2D eigenvalue weighted by molar-refractivity contribution is 6.00. The second-order valence-corrected chi connectivity index (χ2v) is 6.74. The Balaban J connectivity index is 2.20. The minimum Gasteiger partial charge on any atom is -0.477 e. The molecule has 0 saturated heterocycles. The predicted octanol–water partition coefficient (Wildman–Crippen LogP) is 5.86. The van der Waals surface area contributed by atoms with Gasteiger partial charge in [0.1, 0.15) is 17.5 Å². The van der Waals surface area contributed by atoms with Crippen molar-refractivity contribution in [1.29, 1.82) is 5.26 Å². The highest BCUT2D eigenvalue weighted by Gasteiger charge is 2.37. The quantitative estimate of drug-likeness (QED) is 0.304. The molecule has 166 valence electrons. The summed E-state index contributed by atoms with van der Waals surface area (Å²) in [6, 6.07) is 6.18.